The molecule has 5 nitrogen and oxygen atoms in total. The summed E-state index contributed by atoms with van der Waals surface area (Å²) in [6.07, 6.45) is 0.694. The summed E-state index contributed by atoms with van der Waals surface area (Å²) >= 11 is 0. The van der Waals surface area contributed by atoms with Gasteiger partial charge in [-0.3, -0.25) is 4.79 Å². The molecule has 0 saturated heterocycles. The van der Waals surface area contributed by atoms with E-state index in [0.717, 1.165) is 5.56 Å². The van der Waals surface area contributed by atoms with Crippen molar-refractivity contribution in [3.05, 3.63) is 17.7 Å². The molecule has 0 spiro atoms. The maximum atomic E-state index is 10.6. The summed E-state index contributed by atoms with van der Waals surface area (Å²) in [5.41, 5.74) is 7.33. The van der Waals surface area contributed by atoms with Crippen molar-refractivity contribution >= 4 is 11.7 Å². The number of benzene rings is 1. The van der Waals surface area contributed by atoms with Crippen molar-refractivity contribution in [3.63, 3.8) is 0 Å². The first-order valence-electron chi connectivity index (χ1n) is 5.72. The summed E-state index contributed by atoms with van der Waals surface area (Å²) in [7, 11) is 3.07. The minimum atomic E-state index is -0.796. The number of nitrogens with two attached hydrogens (primary N) is 1. The molecule has 0 heterocycles. The van der Waals surface area contributed by atoms with Crippen LogP contribution in [0.4, 0.5) is 5.69 Å². The molecule has 0 aliphatic carbocycles. The number of carbonyl (C=O) groups is 1. The zero-order valence-corrected chi connectivity index (χ0v) is 10.9. The molecule has 0 saturated carbocycles. The number of carboxylic acids is 1. The Hall–Kier alpha value is -1.91. The van der Waals surface area contributed by atoms with Crippen molar-refractivity contribution in [2.75, 3.05) is 20.0 Å². The first-order chi connectivity index (χ1) is 8.49. The minimum Gasteiger partial charge on any atom is -0.493 e. The number of anilines is 1. The van der Waals surface area contributed by atoms with Crippen molar-refractivity contribution in [1.29, 1.82) is 0 Å². The minimum absolute atomic E-state index is 0.100. The van der Waals surface area contributed by atoms with Crippen LogP contribution >= 0.6 is 0 Å². The second-order valence-electron chi connectivity index (χ2n) is 4.18. The van der Waals surface area contributed by atoms with Gasteiger partial charge in [0, 0.05) is 6.42 Å². The van der Waals surface area contributed by atoms with Crippen LogP contribution in [-0.2, 0) is 4.79 Å². The van der Waals surface area contributed by atoms with E-state index in [9.17, 15) is 4.79 Å². The molecule has 18 heavy (non-hydrogen) atoms. The van der Waals surface area contributed by atoms with Crippen molar-refractivity contribution in [2.45, 2.75) is 25.7 Å². The SMILES string of the molecule is COc1cc(C(C)CCC(=O)O)cc(N)c1OC. The topological polar surface area (TPSA) is 81.8 Å². The smallest absolute Gasteiger partial charge is 0.303 e. The quantitative estimate of drug-likeness (QED) is 0.760. The number of nitrogen functional groups attached to an aromatic ring is 1. The molecule has 0 aliphatic heterocycles. The third-order valence-electron chi connectivity index (χ3n) is 2.89. The summed E-state index contributed by atoms with van der Waals surface area (Å²) < 4.78 is 10.4. The lowest BCUT2D eigenvalue weighted by Gasteiger charge is -2.16. The van der Waals surface area contributed by atoms with Gasteiger partial charge >= 0.3 is 5.97 Å². The van der Waals surface area contributed by atoms with E-state index in [-0.39, 0.29) is 12.3 Å². The molecule has 0 bridgehead atoms. The van der Waals surface area contributed by atoms with Crippen LogP contribution in [0, 0.1) is 0 Å². The van der Waals surface area contributed by atoms with E-state index in [1.165, 1.54) is 7.11 Å². The Morgan fingerprint density at radius 1 is 1.39 bits per heavy atom. The zero-order chi connectivity index (χ0) is 13.7. The lowest BCUT2D eigenvalue weighted by Crippen LogP contribution is -2.03. The fraction of sp³-hybridized carbons (Fsp3) is 0.462. The lowest BCUT2D eigenvalue weighted by atomic mass is 9.95. The van der Waals surface area contributed by atoms with Gasteiger partial charge in [-0.2, -0.15) is 0 Å². The molecule has 5 heteroatoms. The Kier molecular flexibility index (Phi) is 4.83. The highest BCUT2D eigenvalue weighted by atomic mass is 16.5. The second kappa shape index (κ2) is 6.14. The van der Waals surface area contributed by atoms with E-state index >= 15 is 0 Å². The summed E-state index contributed by atoms with van der Waals surface area (Å²) in [6.45, 7) is 1.96. The molecule has 1 atom stereocenters. The van der Waals surface area contributed by atoms with Crippen LogP contribution in [-0.4, -0.2) is 25.3 Å². The second-order valence-corrected chi connectivity index (χ2v) is 4.18. The molecule has 0 aliphatic rings. The molecule has 0 amide bonds. The van der Waals surface area contributed by atoms with Crippen LogP contribution in [0.15, 0.2) is 12.1 Å². The van der Waals surface area contributed by atoms with Gasteiger partial charge in [-0.15, -0.1) is 0 Å². The van der Waals surface area contributed by atoms with Gasteiger partial charge in [0.1, 0.15) is 0 Å². The molecule has 3 N–H and O–H groups in total. The van der Waals surface area contributed by atoms with Crippen LogP contribution in [0.3, 0.4) is 0 Å². The zero-order valence-electron chi connectivity index (χ0n) is 10.9. The highest BCUT2D eigenvalue weighted by Gasteiger charge is 2.14. The van der Waals surface area contributed by atoms with Gasteiger partial charge in [-0.1, -0.05) is 6.92 Å². The van der Waals surface area contributed by atoms with Gasteiger partial charge in [-0.25, -0.2) is 0 Å². The highest BCUT2D eigenvalue weighted by Crippen LogP contribution is 2.37. The van der Waals surface area contributed by atoms with E-state index in [2.05, 4.69) is 0 Å². The maximum Gasteiger partial charge on any atom is 0.303 e. The monoisotopic (exact) mass is 253 g/mol. The van der Waals surface area contributed by atoms with Crippen LogP contribution in [0.5, 0.6) is 11.5 Å². The molecule has 1 aromatic carbocycles. The van der Waals surface area contributed by atoms with E-state index in [4.69, 9.17) is 20.3 Å². The van der Waals surface area contributed by atoms with Crippen LogP contribution in [0.25, 0.3) is 0 Å². The van der Waals surface area contributed by atoms with E-state index in [0.29, 0.717) is 23.6 Å². The largest absolute Gasteiger partial charge is 0.493 e. The van der Waals surface area contributed by atoms with Crippen molar-refractivity contribution < 1.29 is 19.4 Å². The number of carboxylic acid groups (broad SMARTS) is 1. The summed E-state index contributed by atoms with van der Waals surface area (Å²) in [4.78, 5) is 10.6. The molecular formula is C13H19NO4. The predicted octanol–water partition coefficient (Wildman–Crippen LogP) is 2.25. The van der Waals surface area contributed by atoms with Gasteiger partial charge in [-0.05, 0) is 30.0 Å². The predicted molar refractivity (Wildman–Crippen MR) is 69.2 cm³/mol. The van der Waals surface area contributed by atoms with Crippen LogP contribution in [0.1, 0.15) is 31.2 Å². The van der Waals surface area contributed by atoms with Crippen molar-refractivity contribution in [2.24, 2.45) is 0 Å². The van der Waals surface area contributed by atoms with Gasteiger partial charge in [0.05, 0.1) is 19.9 Å². The number of rotatable bonds is 6. The molecule has 100 valence electrons. The third-order valence-corrected chi connectivity index (χ3v) is 2.89. The average molecular weight is 253 g/mol. The van der Waals surface area contributed by atoms with Crippen molar-refractivity contribution in [3.8, 4) is 11.5 Å². The molecule has 1 rings (SSSR count). The normalized spacial score (nSPS) is 11.9. The number of hydrogen-bond donors (Lipinski definition) is 2. The van der Waals surface area contributed by atoms with E-state index < -0.39 is 5.97 Å². The van der Waals surface area contributed by atoms with E-state index in [1.54, 1.807) is 13.2 Å². The maximum absolute atomic E-state index is 10.6. The standard InChI is InChI=1S/C13H19NO4/c1-8(4-5-12(15)16)9-6-10(14)13(18-3)11(7-9)17-2/h6-8H,4-5,14H2,1-3H3,(H,15,16). The molecular weight excluding hydrogens is 234 g/mol. The van der Waals surface area contributed by atoms with Gasteiger partial charge in [0.2, 0.25) is 0 Å². The number of methoxy groups -OCH3 is 2. The first-order valence-corrected chi connectivity index (χ1v) is 5.72. The highest BCUT2D eigenvalue weighted by molar-refractivity contribution is 5.67. The van der Waals surface area contributed by atoms with Gasteiger partial charge in [0.25, 0.3) is 0 Å². The molecule has 1 aromatic rings. The number of hydrogen-bond acceptors (Lipinski definition) is 4. The van der Waals surface area contributed by atoms with Gasteiger partial charge in [0.15, 0.2) is 11.5 Å². The third kappa shape index (κ3) is 3.29. The fourth-order valence-corrected chi connectivity index (χ4v) is 1.81. The Labute approximate surface area is 107 Å². The van der Waals surface area contributed by atoms with Crippen molar-refractivity contribution in [1.82, 2.24) is 0 Å². The molecule has 0 fully saturated rings. The molecule has 0 aromatic heterocycles. The molecule has 1 unspecified atom stereocenters. The summed E-state index contributed by atoms with van der Waals surface area (Å²) in [6, 6.07) is 3.63. The lowest BCUT2D eigenvalue weighted by molar-refractivity contribution is -0.137. The van der Waals surface area contributed by atoms with Crippen LogP contribution < -0.4 is 15.2 Å². The van der Waals surface area contributed by atoms with E-state index in [1.807, 2.05) is 13.0 Å². The average Bonchev–Trinajstić information content (AvgIpc) is 2.34. The summed E-state index contributed by atoms with van der Waals surface area (Å²) in [5.74, 6) is 0.375. The van der Waals surface area contributed by atoms with Crippen LogP contribution in [0.2, 0.25) is 0 Å². The number of aliphatic carboxylic acids is 1. The van der Waals surface area contributed by atoms with Gasteiger partial charge < -0.3 is 20.3 Å². The number of ether oxygens (including phenoxy) is 2. The fourth-order valence-electron chi connectivity index (χ4n) is 1.81. The Bertz CT molecular complexity index is 431. The first kappa shape index (κ1) is 14.2. The Morgan fingerprint density at radius 2 is 2.06 bits per heavy atom. The Balaban J connectivity index is 2.96. The molecule has 0 radical (unpaired) electrons. The Morgan fingerprint density at radius 3 is 2.56 bits per heavy atom. The summed E-state index contributed by atoms with van der Waals surface area (Å²) in [5, 5.41) is 8.68.